The van der Waals surface area contributed by atoms with Crippen molar-refractivity contribution in [2.24, 2.45) is 0 Å². The molecule has 0 atom stereocenters. The first kappa shape index (κ1) is 14.2. The Hall–Kier alpha value is -2.75. The summed E-state index contributed by atoms with van der Waals surface area (Å²) in [4.78, 5) is 21.2. The molecule has 0 saturated heterocycles. The number of anilines is 1. The third kappa shape index (κ3) is 2.81. The number of carbonyl (C=O) groups is 1. The Labute approximate surface area is 129 Å². The van der Waals surface area contributed by atoms with Crippen LogP contribution >= 0.6 is 0 Å². The van der Waals surface area contributed by atoms with Gasteiger partial charge in [0, 0.05) is 11.6 Å². The third-order valence-corrected chi connectivity index (χ3v) is 3.56. The van der Waals surface area contributed by atoms with Crippen LogP contribution in [0.4, 0.5) is 5.82 Å². The molecule has 0 spiro atoms. The lowest BCUT2D eigenvalue weighted by Gasteiger charge is -2.09. The lowest BCUT2D eigenvalue weighted by molar-refractivity contribution is 0.102. The second-order valence-electron chi connectivity index (χ2n) is 5.49. The van der Waals surface area contributed by atoms with Gasteiger partial charge in [-0.15, -0.1) is 0 Å². The molecule has 4 nitrogen and oxygen atoms in total. The van der Waals surface area contributed by atoms with E-state index in [1.807, 2.05) is 57.2 Å². The molecule has 0 fully saturated rings. The van der Waals surface area contributed by atoms with E-state index in [2.05, 4.69) is 15.3 Å². The number of fused-ring (bicyclic) bond motifs is 1. The van der Waals surface area contributed by atoms with E-state index in [9.17, 15) is 4.79 Å². The van der Waals surface area contributed by atoms with Gasteiger partial charge in [0.25, 0.3) is 5.91 Å². The van der Waals surface area contributed by atoms with Gasteiger partial charge in [-0.1, -0.05) is 11.6 Å². The Balaban J connectivity index is 1.98. The molecule has 0 aliphatic carbocycles. The highest BCUT2D eigenvalue weighted by molar-refractivity contribution is 6.06. The van der Waals surface area contributed by atoms with Gasteiger partial charge in [0.1, 0.15) is 5.82 Å². The molecule has 22 heavy (non-hydrogen) atoms. The number of nitrogens with one attached hydrogen (secondary N) is 1. The first-order valence-electron chi connectivity index (χ1n) is 7.15. The molecule has 1 N–H and O–H groups in total. The van der Waals surface area contributed by atoms with Crippen molar-refractivity contribution >= 4 is 22.6 Å². The minimum Gasteiger partial charge on any atom is -0.307 e. The molecule has 0 saturated carbocycles. The summed E-state index contributed by atoms with van der Waals surface area (Å²) in [6, 6.07) is 11.6. The largest absolute Gasteiger partial charge is 0.307 e. The number of aryl methyl sites for hydroxylation is 3. The van der Waals surface area contributed by atoms with Gasteiger partial charge < -0.3 is 5.32 Å². The maximum atomic E-state index is 12.5. The van der Waals surface area contributed by atoms with E-state index in [0.717, 1.165) is 22.0 Å². The molecular weight excluding hydrogens is 274 g/mol. The van der Waals surface area contributed by atoms with E-state index in [1.54, 1.807) is 6.20 Å². The zero-order chi connectivity index (χ0) is 15.7. The number of rotatable bonds is 2. The zero-order valence-corrected chi connectivity index (χ0v) is 12.8. The van der Waals surface area contributed by atoms with Crippen molar-refractivity contribution in [1.29, 1.82) is 0 Å². The van der Waals surface area contributed by atoms with Gasteiger partial charge in [-0.25, -0.2) is 4.98 Å². The number of hydrogen-bond donors (Lipinski definition) is 1. The van der Waals surface area contributed by atoms with Gasteiger partial charge >= 0.3 is 0 Å². The smallest absolute Gasteiger partial charge is 0.258 e. The topological polar surface area (TPSA) is 54.9 Å². The van der Waals surface area contributed by atoms with Crippen molar-refractivity contribution < 1.29 is 4.79 Å². The highest BCUT2D eigenvalue weighted by Crippen LogP contribution is 2.19. The van der Waals surface area contributed by atoms with Gasteiger partial charge in [-0.05, 0) is 56.7 Å². The van der Waals surface area contributed by atoms with Gasteiger partial charge in [0.2, 0.25) is 0 Å². The number of benzene rings is 1. The molecule has 1 amide bonds. The summed E-state index contributed by atoms with van der Waals surface area (Å²) in [6.45, 7) is 5.83. The number of hydrogen-bond acceptors (Lipinski definition) is 3. The minimum atomic E-state index is -0.188. The lowest BCUT2D eigenvalue weighted by Crippen LogP contribution is -2.15. The molecule has 0 radical (unpaired) electrons. The zero-order valence-electron chi connectivity index (χ0n) is 12.8. The lowest BCUT2D eigenvalue weighted by atomic mass is 10.1. The van der Waals surface area contributed by atoms with Gasteiger partial charge in [-0.3, -0.25) is 9.78 Å². The van der Waals surface area contributed by atoms with E-state index in [-0.39, 0.29) is 5.91 Å². The summed E-state index contributed by atoms with van der Waals surface area (Å²) in [5.74, 6) is 0.361. The predicted molar refractivity (Wildman–Crippen MR) is 88.1 cm³/mol. The molecule has 2 aromatic heterocycles. The number of amides is 1. The molecular formula is C18H17N3O. The van der Waals surface area contributed by atoms with Crippen LogP contribution in [0.15, 0.2) is 42.6 Å². The standard InChI is InChI=1S/C18H17N3O/c1-11-4-5-16-14(8-11)10-15(13(3)20-16)18(22)21-17-9-12(2)6-7-19-17/h4-10H,1-3H3,(H,19,21,22). The average Bonchev–Trinajstić information content (AvgIpc) is 2.47. The number of pyridine rings is 2. The van der Waals surface area contributed by atoms with E-state index >= 15 is 0 Å². The Morgan fingerprint density at radius 1 is 1.00 bits per heavy atom. The summed E-state index contributed by atoms with van der Waals surface area (Å²) in [5, 5.41) is 3.79. The van der Waals surface area contributed by atoms with Crippen LogP contribution in [0.1, 0.15) is 27.2 Å². The highest BCUT2D eigenvalue weighted by atomic mass is 16.1. The minimum absolute atomic E-state index is 0.188. The molecule has 0 bridgehead atoms. The Kier molecular flexibility index (Phi) is 3.59. The molecule has 3 rings (SSSR count). The molecule has 1 aromatic carbocycles. The van der Waals surface area contributed by atoms with Crippen molar-refractivity contribution in [3.8, 4) is 0 Å². The Morgan fingerprint density at radius 2 is 1.77 bits per heavy atom. The van der Waals surface area contributed by atoms with Crippen molar-refractivity contribution in [1.82, 2.24) is 9.97 Å². The fourth-order valence-corrected chi connectivity index (χ4v) is 2.41. The quantitative estimate of drug-likeness (QED) is 0.781. The van der Waals surface area contributed by atoms with Crippen LogP contribution in [-0.2, 0) is 0 Å². The second-order valence-corrected chi connectivity index (χ2v) is 5.49. The monoisotopic (exact) mass is 291 g/mol. The summed E-state index contributed by atoms with van der Waals surface area (Å²) < 4.78 is 0. The maximum absolute atomic E-state index is 12.5. The molecule has 0 aliphatic rings. The van der Waals surface area contributed by atoms with Crippen LogP contribution in [0.3, 0.4) is 0 Å². The molecule has 4 heteroatoms. The highest BCUT2D eigenvalue weighted by Gasteiger charge is 2.12. The predicted octanol–water partition coefficient (Wildman–Crippen LogP) is 3.81. The molecule has 110 valence electrons. The first-order chi connectivity index (χ1) is 10.5. The van der Waals surface area contributed by atoms with Crippen LogP contribution in [0.2, 0.25) is 0 Å². The van der Waals surface area contributed by atoms with Crippen molar-refractivity contribution in [3.05, 3.63) is 65.0 Å². The van der Waals surface area contributed by atoms with Crippen LogP contribution < -0.4 is 5.32 Å². The van der Waals surface area contributed by atoms with Gasteiger partial charge in [0.05, 0.1) is 16.8 Å². The average molecular weight is 291 g/mol. The fourth-order valence-electron chi connectivity index (χ4n) is 2.41. The van der Waals surface area contributed by atoms with E-state index in [0.29, 0.717) is 17.1 Å². The summed E-state index contributed by atoms with van der Waals surface area (Å²) in [7, 11) is 0. The van der Waals surface area contributed by atoms with Crippen molar-refractivity contribution in [3.63, 3.8) is 0 Å². The summed E-state index contributed by atoms with van der Waals surface area (Å²) in [6.07, 6.45) is 1.68. The number of aromatic nitrogens is 2. The van der Waals surface area contributed by atoms with Crippen LogP contribution in [0.5, 0.6) is 0 Å². The van der Waals surface area contributed by atoms with E-state index < -0.39 is 0 Å². The summed E-state index contributed by atoms with van der Waals surface area (Å²) in [5.41, 5.74) is 4.37. The third-order valence-electron chi connectivity index (χ3n) is 3.56. The number of nitrogens with zero attached hydrogens (tertiary/aromatic N) is 2. The van der Waals surface area contributed by atoms with Crippen LogP contribution in [0, 0.1) is 20.8 Å². The normalized spacial score (nSPS) is 10.7. The van der Waals surface area contributed by atoms with Crippen LogP contribution in [0.25, 0.3) is 10.9 Å². The molecule has 3 aromatic rings. The Morgan fingerprint density at radius 3 is 2.55 bits per heavy atom. The van der Waals surface area contributed by atoms with Gasteiger partial charge in [0.15, 0.2) is 0 Å². The van der Waals surface area contributed by atoms with E-state index in [1.165, 1.54) is 0 Å². The maximum Gasteiger partial charge on any atom is 0.258 e. The molecule has 2 heterocycles. The molecule has 0 aliphatic heterocycles. The Bertz CT molecular complexity index is 871. The van der Waals surface area contributed by atoms with Crippen molar-refractivity contribution in [2.75, 3.05) is 5.32 Å². The second kappa shape index (κ2) is 5.56. The van der Waals surface area contributed by atoms with Gasteiger partial charge in [-0.2, -0.15) is 0 Å². The number of carbonyl (C=O) groups excluding carboxylic acids is 1. The SMILES string of the molecule is Cc1ccnc(NC(=O)c2cc3cc(C)ccc3nc2C)c1. The summed E-state index contributed by atoms with van der Waals surface area (Å²) >= 11 is 0. The van der Waals surface area contributed by atoms with E-state index in [4.69, 9.17) is 0 Å². The fraction of sp³-hybridized carbons (Fsp3) is 0.167. The van der Waals surface area contributed by atoms with Crippen LogP contribution in [-0.4, -0.2) is 15.9 Å². The first-order valence-corrected chi connectivity index (χ1v) is 7.15. The van der Waals surface area contributed by atoms with Crippen molar-refractivity contribution in [2.45, 2.75) is 20.8 Å². The molecule has 0 unspecified atom stereocenters.